The Morgan fingerprint density at radius 2 is 1.05 bits per heavy atom. The lowest BCUT2D eigenvalue weighted by molar-refractivity contribution is 0.466. The number of rotatable bonds is 4. The van der Waals surface area contributed by atoms with Crippen molar-refractivity contribution in [1.29, 1.82) is 0 Å². The molecule has 0 spiro atoms. The molecule has 1 nitrogen and oxygen atoms in total. The second kappa shape index (κ2) is 6.34. The molecule has 0 aliphatic rings. The molecule has 0 atom stereocenters. The van der Waals surface area contributed by atoms with Crippen LogP contribution in [0.4, 0.5) is 0 Å². The van der Waals surface area contributed by atoms with Crippen molar-refractivity contribution < 1.29 is 5.11 Å². The van der Waals surface area contributed by atoms with Crippen LogP contribution in [0.25, 0.3) is 0 Å². The first-order valence-corrected chi connectivity index (χ1v) is 7.74. The summed E-state index contributed by atoms with van der Waals surface area (Å²) in [6.07, 6.45) is 3.32. The quantitative estimate of drug-likeness (QED) is 0.826. The van der Waals surface area contributed by atoms with Gasteiger partial charge in [-0.05, 0) is 92.8 Å². The van der Waals surface area contributed by atoms with Crippen LogP contribution in [0.15, 0.2) is 24.3 Å². The van der Waals surface area contributed by atoms with E-state index in [1.54, 1.807) is 0 Å². The van der Waals surface area contributed by atoms with Gasteiger partial charge in [0.15, 0.2) is 0 Å². The summed E-state index contributed by atoms with van der Waals surface area (Å²) in [5.41, 5.74) is 8.90. The number of phenolic OH excluding ortho intramolecular Hbond substituents is 1. The minimum absolute atomic E-state index is 0.434. The van der Waals surface area contributed by atoms with E-state index in [9.17, 15) is 5.11 Å². The summed E-state index contributed by atoms with van der Waals surface area (Å²) < 4.78 is 0. The van der Waals surface area contributed by atoms with Crippen LogP contribution in [0.2, 0.25) is 0 Å². The van der Waals surface area contributed by atoms with Crippen LogP contribution in [-0.4, -0.2) is 5.11 Å². The zero-order chi connectivity index (χ0) is 15.6. The SMILES string of the molecule is Cc1cc(CCCc2cc(C)c(O)c(C)c2)cc(C)c1C. The number of phenols is 1. The first-order valence-electron chi connectivity index (χ1n) is 7.74. The molecule has 0 saturated heterocycles. The molecule has 2 aromatic carbocycles. The van der Waals surface area contributed by atoms with Gasteiger partial charge >= 0.3 is 0 Å². The Balaban J connectivity index is 2.02. The van der Waals surface area contributed by atoms with Gasteiger partial charge < -0.3 is 5.11 Å². The number of aromatic hydroxyl groups is 1. The maximum absolute atomic E-state index is 9.82. The lowest BCUT2D eigenvalue weighted by Crippen LogP contribution is -1.95. The van der Waals surface area contributed by atoms with Gasteiger partial charge in [0.05, 0.1) is 0 Å². The van der Waals surface area contributed by atoms with Crippen LogP contribution in [0, 0.1) is 34.6 Å². The first kappa shape index (κ1) is 15.6. The summed E-state index contributed by atoms with van der Waals surface area (Å²) in [7, 11) is 0. The Bertz CT molecular complexity index is 549. The average Bonchev–Trinajstić information content (AvgIpc) is 2.42. The first-order chi connectivity index (χ1) is 9.88. The van der Waals surface area contributed by atoms with E-state index in [2.05, 4.69) is 45.0 Å². The number of hydrogen-bond donors (Lipinski definition) is 1. The fourth-order valence-corrected chi connectivity index (χ4v) is 2.96. The summed E-state index contributed by atoms with van der Waals surface area (Å²) >= 11 is 0. The molecule has 0 aromatic heterocycles. The van der Waals surface area contributed by atoms with E-state index in [4.69, 9.17) is 0 Å². The molecule has 2 rings (SSSR count). The molecule has 0 aliphatic heterocycles. The fraction of sp³-hybridized carbons (Fsp3) is 0.400. The fourth-order valence-electron chi connectivity index (χ4n) is 2.96. The summed E-state index contributed by atoms with van der Waals surface area (Å²) in [4.78, 5) is 0. The van der Waals surface area contributed by atoms with Crippen molar-refractivity contribution in [3.63, 3.8) is 0 Å². The Hall–Kier alpha value is -1.76. The lowest BCUT2D eigenvalue weighted by Gasteiger charge is -2.10. The van der Waals surface area contributed by atoms with Crippen molar-refractivity contribution in [1.82, 2.24) is 0 Å². The summed E-state index contributed by atoms with van der Waals surface area (Å²) in [6.45, 7) is 10.5. The smallest absolute Gasteiger partial charge is 0.121 e. The predicted molar refractivity (Wildman–Crippen MR) is 90.3 cm³/mol. The van der Waals surface area contributed by atoms with Gasteiger partial charge in [0.25, 0.3) is 0 Å². The van der Waals surface area contributed by atoms with Crippen LogP contribution < -0.4 is 0 Å². The van der Waals surface area contributed by atoms with Crippen molar-refractivity contribution in [2.45, 2.75) is 53.9 Å². The number of aryl methyl sites for hydroxylation is 6. The zero-order valence-electron chi connectivity index (χ0n) is 13.9. The molecule has 0 fully saturated rings. The Morgan fingerprint density at radius 3 is 1.48 bits per heavy atom. The van der Waals surface area contributed by atoms with Gasteiger partial charge in [-0.3, -0.25) is 0 Å². The van der Waals surface area contributed by atoms with E-state index in [1.165, 1.54) is 27.8 Å². The minimum atomic E-state index is 0.434. The third-order valence-corrected chi connectivity index (χ3v) is 4.47. The van der Waals surface area contributed by atoms with Gasteiger partial charge in [-0.15, -0.1) is 0 Å². The van der Waals surface area contributed by atoms with Crippen molar-refractivity contribution in [2.75, 3.05) is 0 Å². The molecule has 1 heteroatoms. The monoisotopic (exact) mass is 282 g/mol. The minimum Gasteiger partial charge on any atom is -0.507 e. The Labute approximate surface area is 128 Å². The molecule has 0 radical (unpaired) electrons. The highest BCUT2D eigenvalue weighted by Crippen LogP contribution is 2.24. The highest BCUT2D eigenvalue weighted by atomic mass is 16.3. The van der Waals surface area contributed by atoms with Crippen molar-refractivity contribution in [2.24, 2.45) is 0 Å². The highest BCUT2D eigenvalue weighted by molar-refractivity contribution is 5.42. The molecular weight excluding hydrogens is 256 g/mol. The second-order valence-electron chi connectivity index (χ2n) is 6.29. The van der Waals surface area contributed by atoms with Crippen LogP contribution in [0.1, 0.15) is 45.4 Å². The second-order valence-corrected chi connectivity index (χ2v) is 6.29. The Morgan fingerprint density at radius 1 is 0.667 bits per heavy atom. The van der Waals surface area contributed by atoms with Gasteiger partial charge in [0.2, 0.25) is 0 Å². The van der Waals surface area contributed by atoms with E-state index in [0.29, 0.717) is 5.75 Å². The molecule has 0 aliphatic carbocycles. The van der Waals surface area contributed by atoms with Gasteiger partial charge in [0.1, 0.15) is 5.75 Å². The maximum atomic E-state index is 9.82. The molecule has 2 aromatic rings. The highest BCUT2D eigenvalue weighted by Gasteiger charge is 2.05. The molecular formula is C20H26O. The molecule has 1 N–H and O–H groups in total. The van der Waals surface area contributed by atoms with E-state index in [-0.39, 0.29) is 0 Å². The number of benzene rings is 2. The van der Waals surface area contributed by atoms with E-state index >= 15 is 0 Å². The zero-order valence-corrected chi connectivity index (χ0v) is 13.9. The van der Waals surface area contributed by atoms with Gasteiger partial charge in [-0.2, -0.15) is 0 Å². The summed E-state index contributed by atoms with van der Waals surface area (Å²) in [5.74, 6) is 0.434. The maximum Gasteiger partial charge on any atom is 0.121 e. The van der Waals surface area contributed by atoms with Crippen molar-refractivity contribution in [3.05, 3.63) is 63.2 Å². The van der Waals surface area contributed by atoms with E-state index in [0.717, 1.165) is 30.4 Å². The Kier molecular flexibility index (Phi) is 4.72. The standard InChI is InChI=1S/C20H26O/c1-13-9-18(10-14(2)17(13)5)7-6-8-19-11-15(3)20(21)16(4)12-19/h9-12,21H,6-8H2,1-5H3. The van der Waals surface area contributed by atoms with E-state index in [1.807, 2.05) is 13.8 Å². The van der Waals surface area contributed by atoms with E-state index < -0.39 is 0 Å². The van der Waals surface area contributed by atoms with Gasteiger partial charge in [-0.1, -0.05) is 24.3 Å². The molecule has 21 heavy (non-hydrogen) atoms. The van der Waals surface area contributed by atoms with Crippen LogP contribution in [0.3, 0.4) is 0 Å². The lowest BCUT2D eigenvalue weighted by atomic mass is 9.96. The molecule has 112 valence electrons. The number of hydrogen-bond acceptors (Lipinski definition) is 1. The van der Waals surface area contributed by atoms with Gasteiger partial charge in [0, 0.05) is 0 Å². The summed E-state index contributed by atoms with van der Waals surface area (Å²) in [5, 5.41) is 9.82. The molecule has 0 unspecified atom stereocenters. The van der Waals surface area contributed by atoms with Gasteiger partial charge in [-0.25, -0.2) is 0 Å². The van der Waals surface area contributed by atoms with Crippen LogP contribution >= 0.6 is 0 Å². The molecule has 0 bridgehead atoms. The third-order valence-electron chi connectivity index (χ3n) is 4.47. The van der Waals surface area contributed by atoms with Crippen LogP contribution in [0.5, 0.6) is 5.75 Å². The predicted octanol–water partition coefficient (Wildman–Crippen LogP) is 5.11. The van der Waals surface area contributed by atoms with Crippen LogP contribution in [-0.2, 0) is 12.8 Å². The molecule has 0 heterocycles. The van der Waals surface area contributed by atoms with Crippen molar-refractivity contribution in [3.8, 4) is 5.75 Å². The van der Waals surface area contributed by atoms with Crippen molar-refractivity contribution >= 4 is 0 Å². The largest absolute Gasteiger partial charge is 0.507 e. The molecule has 0 saturated carbocycles. The topological polar surface area (TPSA) is 20.2 Å². The average molecular weight is 282 g/mol. The summed E-state index contributed by atoms with van der Waals surface area (Å²) in [6, 6.07) is 8.84. The third kappa shape index (κ3) is 3.66. The normalized spacial score (nSPS) is 10.9. The molecule has 0 amide bonds.